The average molecular weight is 352 g/mol. The largest absolute Gasteiger partial charge is 0.490 e. The van der Waals surface area contributed by atoms with E-state index in [2.05, 4.69) is 40.7 Å². The second kappa shape index (κ2) is 10.4. The minimum absolute atomic E-state index is 0.204. The Bertz CT molecular complexity index is 427. The zero-order valence-corrected chi connectivity index (χ0v) is 17.2. The second-order valence-electron chi connectivity index (χ2n) is 8.01. The van der Waals surface area contributed by atoms with Gasteiger partial charge in [0.2, 0.25) is 0 Å². The van der Waals surface area contributed by atoms with Crippen LogP contribution < -0.4 is 0 Å². The molecular weight excluding hydrogens is 315 g/mol. The number of ether oxygens (including phenoxy) is 1. The third-order valence-electron chi connectivity index (χ3n) is 5.19. The zero-order chi connectivity index (χ0) is 18.9. The summed E-state index contributed by atoms with van der Waals surface area (Å²) in [6, 6.07) is 0. The Labute approximate surface area is 154 Å². The van der Waals surface area contributed by atoms with Gasteiger partial charge in [0.05, 0.1) is 17.8 Å². The lowest BCUT2D eigenvalue weighted by atomic mass is 9.74. The molecule has 1 aliphatic heterocycles. The van der Waals surface area contributed by atoms with E-state index in [1.165, 1.54) is 38.1 Å². The summed E-state index contributed by atoms with van der Waals surface area (Å²) in [4.78, 5) is 10.8. The predicted octanol–water partition coefficient (Wildman–Crippen LogP) is 5.25. The smallest absolute Gasteiger partial charge is 0.466 e. The SMILES string of the molecule is CCCCCC/C(=C\CCCCOC(C)=O)B1OC(C)(C)C(C)(C)O1. The van der Waals surface area contributed by atoms with Crippen LogP contribution in [0.1, 0.15) is 92.9 Å². The van der Waals surface area contributed by atoms with Gasteiger partial charge in [-0.25, -0.2) is 0 Å². The van der Waals surface area contributed by atoms with Crippen LogP contribution >= 0.6 is 0 Å². The first kappa shape index (κ1) is 22.2. The lowest BCUT2D eigenvalue weighted by molar-refractivity contribution is -0.141. The highest BCUT2D eigenvalue weighted by molar-refractivity contribution is 6.54. The van der Waals surface area contributed by atoms with Gasteiger partial charge in [-0.15, -0.1) is 0 Å². The quantitative estimate of drug-likeness (QED) is 0.289. The summed E-state index contributed by atoms with van der Waals surface area (Å²) < 4.78 is 17.5. The number of carbonyl (C=O) groups is 1. The summed E-state index contributed by atoms with van der Waals surface area (Å²) in [5, 5.41) is 0. The Kier molecular flexibility index (Phi) is 9.22. The van der Waals surface area contributed by atoms with Crippen molar-refractivity contribution in [2.24, 2.45) is 0 Å². The molecule has 0 aromatic heterocycles. The van der Waals surface area contributed by atoms with E-state index in [1.807, 2.05) is 0 Å². The maximum absolute atomic E-state index is 10.8. The van der Waals surface area contributed by atoms with Gasteiger partial charge in [-0.3, -0.25) is 4.79 Å². The molecule has 0 amide bonds. The van der Waals surface area contributed by atoms with Crippen LogP contribution in [0.25, 0.3) is 0 Å². The van der Waals surface area contributed by atoms with E-state index in [-0.39, 0.29) is 24.3 Å². The van der Waals surface area contributed by atoms with E-state index in [4.69, 9.17) is 14.0 Å². The van der Waals surface area contributed by atoms with Crippen molar-refractivity contribution in [3.8, 4) is 0 Å². The molecule has 1 heterocycles. The van der Waals surface area contributed by atoms with Crippen LogP contribution in [-0.2, 0) is 18.8 Å². The predicted molar refractivity (Wildman–Crippen MR) is 103 cm³/mol. The number of esters is 1. The fraction of sp³-hybridized carbons (Fsp3) is 0.850. The van der Waals surface area contributed by atoms with Gasteiger partial charge in [-0.05, 0) is 58.9 Å². The van der Waals surface area contributed by atoms with Gasteiger partial charge in [0.1, 0.15) is 0 Å². The average Bonchev–Trinajstić information content (AvgIpc) is 2.72. The molecule has 0 N–H and O–H groups in total. The molecule has 0 bridgehead atoms. The highest BCUT2D eigenvalue weighted by atomic mass is 16.7. The molecule has 0 unspecified atom stereocenters. The first-order chi connectivity index (χ1) is 11.7. The molecule has 1 saturated heterocycles. The standard InChI is InChI=1S/C20H37BO4/c1-7-8-9-11-14-18(15-12-10-13-16-23-17(2)22)21-24-19(3,4)20(5,6)25-21/h15H,7-14,16H2,1-6H3/b18-15+. The van der Waals surface area contributed by atoms with Crippen LogP contribution in [0.4, 0.5) is 0 Å². The maximum atomic E-state index is 10.8. The van der Waals surface area contributed by atoms with E-state index in [0.29, 0.717) is 6.61 Å². The number of hydrogen-bond donors (Lipinski definition) is 0. The topological polar surface area (TPSA) is 44.8 Å². The minimum Gasteiger partial charge on any atom is -0.466 e. The second-order valence-corrected chi connectivity index (χ2v) is 8.01. The maximum Gasteiger partial charge on any atom is 0.490 e. The first-order valence-electron chi connectivity index (χ1n) is 9.87. The van der Waals surface area contributed by atoms with Gasteiger partial charge in [0.15, 0.2) is 0 Å². The van der Waals surface area contributed by atoms with Gasteiger partial charge >= 0.3 is 13.1 Å². The molecule has 1 aliphatic rings. The van der Waals surface area contributed by atoms with E-state index in [9.17, 15) is 4.79 Å². The molecule has 0 radical (unpaired) electrons. The van der Waals surface area contributed by atoms with Crippen molar-refractivity contribution in [1.29, 1.82) is 0 Å². The summed E-state index contributed by atoms with van der Waals surface area (Å²) in [6.07, 6.45) is 11.1. The third-order valence-corrected chi connectivity index (χ3v) is 5.19. The molecule has 1 fully saturated rings. The summed E-state index contributed by atoms with van der Waals surface area (Å²) in [5.74, 6) is -0.204. The molecule has 5 heteroatoms. The van der Waals surface area contributed by atoms with Gasteiger partial charge < -0.3 is 14.0 Å². The highest BCUT2D eigenvalue weighted by Crippen LogP contribution is 2.39. The van der Waals surface area contributed by atoms with Crippen molar-refractivity contribution in [2.75, 3.05) is 6.61 Å². The van der Waals surface area contributed by atoms with Gasteiger partial charge in [-0.2, -0.15) is 0 Å². The summed E-state index contributed by atoms with van der Waals surface area (Å²) in [5.41, 5.74) is 0.674. The summed E-state index contributed by atoms with van der Waals surface area (Å²) >= 11 is 0. The fourth-order valence-corrected chi connectivity index (χ4v) is 2.82. The summed E-state index contributed by atoms with van der Waals surface area (Å²) in [6.45, 7) is 12.6. The van der Waals surface area contributed by atoms with Gasteiger partial charge in [-0.1, -0.05) is 38.7 Å². The third kappa shape index (κ3) is 7.53. The molecule has 0 aliphatic carbocycles. The van der Waals surface area contributed by atoms with Crippen LogP contribution in [-0.4, -0.2) is 30.9 Å². The lowest BCUT2D eigenvalue weighted by Crippen LogP contribution is -2.41. The minimum atomic E-state index is -0.296. The number of carbonyl (C=O) groups excluding carboxylic acids is 1. The first-order valence-corrected chi connectivity index (χ1v) is 9.87. The van der Waals surface area contributed by atoms with Crippen molar-refractivity contribution < 1.29 is 18.8 Å². The van der Waals surface area contributed by atoms with Crippen molar-refractivity contribution >= 4 is 13.1 Å². The molecule has 0 atom stereocenters. The highest BCUT2D eigenvalue weighted by Gasteiger charge is 2.52. The monoisotopic (exact) mass is 352 g/mol. The number of rotatable bonds is 11. The van der Waals surface area contributed by atoms with Crippen molar-refractivity contribution in [3.05, 3.63) is 11.5 Å². The van der Waals surface area contributed by atoms with E-state index in [0.717, 1.165) is 25.7 Å². The normalized spacial score (nSPS) is 19.3. The zero-order valence-electron chi connectivity index (χ0n) is 17.2. The molecular formula is C20H37BO4. The Morgan fingerprint density at radius 2 is 1.64 bits per heavy atom. The molecule has 0 aromatic rings. The van der Waals surface area contributed by atoms with Crippen molar-refractivity contribution in [1.82, 2.24) is 0 Å². The Balaban J connectivity index is 2.57. The Morgan fingerprint density at radius 3 is 2.20 bits per heavy atom. The van der Waals surface area contributed by atoms with Crippen LogP contribution in [0.2, 0.25) is 0 Å². The van der Waals surface area contributed by atoms with Crippen molar-refractivity contribution in [2.45, 2.75) is 104 Å². The van der Waals surface area contributed by atoms with Crippen LogP contribution in [0.15, 0.2) is 11.5 Å². The van der Waals surface area contributed by atoms with E-state index in [1.54, 1.807) is 0 Å². The molecule has 0 saturated carbocycles. The molecule has 1 rings (SSSR count). The van der Waals surface area contributed by atoms with Gasteiger partial charge in [0.25, 0.3) is 0 Å². The van der Waals surface area contributed by atoms with Crippen molar-refractivity contribution in [3.63, 3.8) is 0 Å². The van der Waals surface area contributed by atoms with Crippen LogP contribution in [0.5, 0.6) is 0 Å². The molecule has 25 heavy (non-hydrogen) atoms. The fourth-order valence-electron chi connectivity index (χ4n) is 2.82. The Morgan fingerprint density at radius 1 is 1.00 bits per heavy atom. The summed E-state index contributed by atoms with van der Waals surface area (Å²) in [7, 11) is -0.236. The lowest BCUT2D eigenvalue weighted by Gasteiger charge is -2.32. The molecule has 0 aromatic carbocycles. The van der Waals surface area contributed by atoms with Gasteiger partial charge in [0, 0.05) is 6.92 Å². The van der Waals surface area contributed by atoms with E-state index < -0.39 is 0 Å². The molecule has 144 valence electrons. The van der Waals surface area contributed by atoms with Crippen LogP contribution in [0, 0.1) is 0 Å². The number of hydrogen-bond acceptors (Lipinski definition) is 4. The Hall–Kier alpha value is -0.805. The molecule has 4 nitrogen and oxygen atoms in total. The van der Waals surface area contributed by atoms with E-state index >= 15 is 0 Å². The molecule has 0 spiro atoms. The number of unbranched alkanes of at least 4 members (excludes halogenated alkanes) is 5. The van der Waals surface area contributed by atoms with Crippen LogP contribution in [0.3, 0.4) is 0 Å². The number of allylic oxidation sites excluding steroid dienone is 2.